The highest BCUT2D eigenvalue weighted by atomic mass is 16.5. The van der Waals surface area contributed by atoms with Gasteiger partial charge in [-0.3, -0.25) is 0 Å². The van der Waals surface area contributed by atoms with E-state index in [2.05, 4.69) is 0 Å². The molecule has 132 valence electrons. The number of ether oxygens (including phenoxy) is 2. The van der Waals surface area contributed by atoms with Crippen molar-refractivity contribution in [2.75, 3.05) is 19.8 Å². The second-order valence-electron chi connectivity index (χ2n) is 5.40. The Morgan fingerprint density at radius 3 is 2.75 bits per heavy atom. The molecule has 24 heavy (non-hydrogen) atoms. The second-order valence-corrected chi connectivity index (χ2v) is 5.40. The van der Waals surface area contributed by atoms with Crippen LogP contribution in [0.3, 0.4) is 0 Å². The van der Waals surface area contributed by atoms with E-state index >= 15 is 0 Å². The lowest BCUT2D eigenvalue weighted by molar-refractivity contribution is 0.0754. The average molecular weight is 338 g/mol. The summed E-state index contributed by atoms with van der Waals surface area (Å²) in [6.45, 7) is 2.19. The van der Waals surface area contributed by atoms with Gasteiger partial charge >= 0.3 is 5.63 Å². The van der Waals surface area contributed by atoms with Crippen molar-refractivity contribution < 1.29 is 29.2 Å². The molecule has 0 spiro atoms. The SMILES string of the molecule is CCCCOc1c(O)c2ccc(OCCC(O)CO)cc2oc1=O. The highest BCUT2D eigenvalue weighted by Crippen LogP contribution is 2.33. The summed E-state index contributed by atoms with van der Waals surface area (Å²) < 4.78 is 15.9. The van der Waals surface area contributed by atoms with Crippen LogP contribution in [0.1, 0.15) is 26.2 Å². The van der Waals surface area contributed by atoms with E-state index in [0.29, 0.717) is 17.7 Å². The number of hydrogen-bond donors (Lipinski definition) is 3. The third kappa shape index (κ3) is 4.39. The fraction of sp³-hybridized carbons (Fsp3) is 0.471. The largest absolute Gasteiger partial charge is 0.504 e. The van der Waals surface area contributed by atoms with Crippen LogP contribution < -0.4 is 15.1 Å². The van der Waals surface area contributed by atoms with Crippen molar-refractivity contribution in [3.05, 3.63) is 28.6 Å². The van der Waals surface area contributed by atoms with Crippen LogP contribution in [0.5, 0.6) is 17.2 Å². The minimum atomic E-state index is -0.838. The van der Waals surface area contributed by atoms with Gasteiger partial charge in [-0.2, -0.15) is 0 Å². The van der Waals surface area contributed by atoms with Gasteiger partial charge in [0.1, 0.15) is 11.3 Å². The number of aliphatic hydroxyl groups is 2. The first-order valence-electron chi connectivity index (χ1n) is 7.91. The number of benzene rings is 1. The molecule has 1 aromatic carbocycles. The first-order chi connectivity index (χ1) is 11.6. The summed E-state index contributed by atoms with van der Waals surface area (Å²) >= 11 is 0. The zero-order valence-corrected chi connectivity index (χ0v) is 13.5. The first-order valence-corrected chi connectivity index (χ1v) is 7.91. The molecule has 1 atom stereocenters. The maximum Gasteiger partial charge on any atom is 0.383 e. The van der Waals surface area contributed by atoms with Crippen molar-refractivity contribution in [1.29, 1.82) is 0 Å². The summed E-state index contributed by atoms with van der Waals surface area (Å²) in [6.07, 6.45) is 1.11. The predicted molar refractivity (Wildman–Crippen MR) is 87.8 cm³/mol. The van der Waals surface area contributed by atoms with Crippen molar-refractivity contribution in [2.45, 2.75) is 32.3 Å². The van der Waals surface area contributed by atoms with Crippen LogP contribution in [-0.4, -0.2) is 41.2 Å². The van der Waals surface area contributed by atoms with Crippen LogP contribution in [0.25, 0.3) is 11.0 Å². The zero-order chi connectivity index (χ0) is 17.5. The van der Waals surface area contributed by atoms with Crippen molar-refractivity contribution in [2.24, 2.45) is 0 Å². The molecular formula is C17H22O7. The molecule has 0 aliphatic rings. The lowest BCUT2D eigenvalue weighted by Crippen LogP contribution is -2.15. The molecule has 3 N–H and O–H groups in total. The van der Waals surface area contributed by atoms with E-state index in [4.69, 9.17) is 19.0 Å². The first kappa shape index (κ1) is 18.1. The molecule has 0 aliphatic heterocycles. The van der Waals surface area contributed by atoms with Gasteiger partial charge < -0.3 is 29.2 Å². The van der Waals surface area contributed by atoms with E-state index in [1.54, 1.807) is 12.1 Å². The Balaban J connectivity index is 2.18. The molecule has 1 heterocycles. The third-order valence-corrected chi connectivity index (χ3v) is 3.49. The van der Waals surface area contributed by atoms with Crippen LogP contribution in [0, 0.1) is 0 Å². The van der Waals surface area contributed by atoms with Gasteiger partial charge in [0.25, 0.3) is 0 Å². The standard InChI is InChI=1S/C17H22O7/c1-2-3-7-23-16-15(20)13-5-4-12(9-14(13)24-17(16)21)22-8-6-11(19)10-18/h4-5,9,11,18-20H,2-3,6-8,10H2,1H3. The Labute approximate surface area is 139 Å². The lowest BCUT2D eigenvalue weighted by atomic mass is 10.2. The topological polar surface area (TPSA) is 109 Å². The zero-order valence-electron chi connectivity index (χ0n) is 13.5. The molecule has 1 aromatic heterocycles. The molecule has 0 bridgehead atoms. The quantitative estimate of drug-likeness (QED) is 0.472. The number of rotatable bonds is 9. The molecular weight excluding hydrogens is 316 g/mol. The summed E-state index contributed by atoms with van der Waals surface area (Å²) in [5.74, 6) is -0.00914. The molecule has 0 radical (unpaired) electrons. The molecule has 0 fully saturated rings. The molecule has 0 amide bonds. The normalized spacial score (nSPS) is 12.3. The minimum absolute atomic E-state index is 0.181. The molecule has 2 rings (SSSR count). The predicted octanol–water partition coefficient (Wildman–Crippen LogP) is 1.80. The highest BCUT2D eigenvalue weighted by molar-refractivity contribution is 5.86. The van der Waals surface area contributed by atoms with Gasteiger partial charge in [-0.1, -0.05) is 13.3 Å². The Kier molecular flexibility index (Phi) is 6.45. The summed E-state index contributed by atoms with van der Waals surface area (Å²) in [4.78, 5) is 11.9. The smallest absolute Gasteiger partial charge is 0.383 e. The van der Waals surface area contributed by atoms with Crippen LogP contribution in [0.2, 0.25) is 0 Å². The summed E-state index contributed by atoms with van der Waals surface area (Å²) in [5.41, 5.74) is -0.565. The van der Waals surface area contributed by atoms with Gasteiger partial charge in [0.15, 0.2) is 5.75 Å². The molecule has 1 unspecified atom stereocenters. The Morgan fingerprint density at radius 1 is 1.25 bits per heavy atom. The van der Waals surface area contributed by atoms with Crippen molar-refractivity contribution in [3.8, 4) is 17.2 Å². The van der Waals surface area contributed by atoms with E-state index in [0.717, 1.165) is 12.8 Å². The second kappa shape index (κ2) is 8.56. The third-order valence-electron chi connectivity index (χ3n) is 3.49. The number of aliphatic hydroxyl groups excluding tert-OH is 2. The van der Waals surface area contributed by atoms with Crippen LogP contribution >= 0.6 is 0 Å². The van der Waals surface area contributed by atoms with Gasteiger partial charge in [0, 0.05) is 12.5 Å². The summed E-state index contributed by atoms with van der Waals surface area (Å²) in [6, 6.07) is 4.67. The van der Waals surface area contributed by atoms with E-state index in [9.17, 15) is 15.0 Å². The molecule has 2 aromatic rings. The van der Waals surface area contributed by atoms with Crippen LogP contribution in [-0.2, 0) is 0 Å². The monoisotopic (exact) mass is 338 g/mol. The fourth-order valence-corrected chi connectivity index (χ4v) is 2.09. The fourth-order valence-electron chi connectivity index (χ4n) is 2.09. The number of fused-ring (bicyclic) bond motifs is 1. The van der Waals surface area contributed by atoms with E-state index in [-0.39, 0.29) is 36.7 Å². The van der Waals surface area contributed by atoms with Crippen molar-refractivity contribution >= 4 is 11.0 Å². The average Bonchev–Trinajstić information content (AvgIpc) is 2.57. The molecule has 7 heteroatoms. The number of unbranched alkanes of at least 4 members (excludes halogenated alkanes) is 1. The van der Waals surface area contributed by atoms with E-state index in [1.807, 2.05) is 6.92 Å². The van der Waals surface area contributed by atoms with Gasteiger partial charge in [0.2, 0.25) is 5.75 Å². The van der Waals surface area contributed by atoms with Gasteiger partial charge in [-0.25, -0.2) is 4.79 Å². The highest BCUT2D eigenvalue weighted by Gasteiger charge is 2.16. The van der Waals surface area contributed by atoms with Gasteiger partial charge in [0.05, 0.1) is 31.3 Å². The number of aromatic hydroxyl groups is 1. The molecule has 0 saturated heterocycles. The van der Waals surface area contributed by atoms with Crippen molar-refractivity contribution in [1.82, 2.24) is 0 Å². The van der Waals surface area contributed by atoms with Crippen LogP contribution in [0.4, 0.5) is 0 Å². The van der Waals surface area contributed by atoms with Gasteiger partial charge in [-0.05, 0) is 18.6 Å². The summed E-state index contributed by atoms with van der Waals surface area (Å²) in [7, 11) is 0. The van der Waals surface area contributed by atoms with Crippen LogP contribution in [0.15, 0.2) is 27.4 Å². The maximum atomic E-state index is 11.9. The van der Waals surface area contributed by atoms with Crippen molar-refractivity contribution in [3.63, 3.8) is 0 Å². The number of hydrogen-bond acceptors (Lipinski definition) is 7. The Morgan fingerprint density at radius 2 is 2.04 bits per heavy atom. The molecule has 0 aliphatic carbocycles. The van der Waals surface area contributed by atoms with Gasteiger partial charge in [-0.15, -0.1) is 0 Å². The minimum Gasteiger partial charge on any atom is -0.504 e. The Hall–Kier alpha value is -2.25. The maximum absolute atomic E-state index is 11.9. The van der Waals surface area contributed by atoms with E-state index in [1.165, 1.54) is 6.07 Å². The Bertz CT molecular complexity index is 723. The van der Waals surface area contributed by atoms with E-state index < -0.39 is 11.7 Å². The molecule has 7 nitrogen and oxygen atoms in total. The summed E-state index contributed by atoms with van der Waals surface area (Å²) in [5, 5.41) is 28.6. The molecule has 0 saturated carbocycles. The lowest BCUT2D eigenvalue weighted by Gasteiger charge is -2.11.